The average molecular weight is 388 g/mol. The highest BCUT2D eigenvalue weighted by atomic mass is 35.5. The Labute approximate surface area is 162 Å². The Kier molecular flexibility index (Phi) is 4.90. The van der Waals surface area contributed by atoms with E-state index in [1.807, 2.05) is 29.1 Å². The minimum atomic E-state index is -0.291. The van der Waals surface area contributed by atoms with Crippen molar-refractivity contribution in [2.75, 3.05) is 13.1 Å². The third-order valence-electron chi connectivity index (χ3n) is 5.09. The van der Waals surface area contributed by atoms with Gasteiger partial charge in [0, 0.05) is 31.4 Å². The molecule has 140 valence electrons. The summed E-state index contributed by atoms with van der Waals surface area (Å²) >= 11 is 0. The summed E-state index contributed by atoms with van der Waals surface area (Å²) in [4.78, 5) is 6.72. The number of pyridine rings is 1. The molecule has 8 heteroatoms. The fourth-order valence-corrected chi connectivity index (χ4v) is 3.84. The molecule has 2 aliphatic heterocycles. The van der Waals surface area contributed by atoms with Crippen LogP contribution in [0.3, 0.4) is 0 Å². The first-order chi connectivity index (χ1) is 12.8. The molecule has 1 saturated heterocycles. The first kappa shape index (κ1) is 18.0. The van der Waals surface area contributed by atoms with Crippen LogP contribution in [-0.2, 0) is 17.9 Å². The van der Waals surface area contributed by atoms with E-state index in [4.69, 9.17) is 4.74 Å². The zero-order valence-electron chi connectivity index (χ0n) is 14.5. The lowest BCUT2D eigenvalue weighted by Crippen LogP contribution is -2.32. The number of halogens is 2. The SMILES string of the molecule is Cl.Fc1ccccc1-c1nnn2c1CO[C@H]1CN(Cc3ccccn3)C[C@@H]12. The molecule has 2 atom stereocenters. The molecule has 0 radical (unpaired) electrons. The molecule has 1 aromatic carbocycles. The first-order valence-electron chi connectivity index (χ1n) is 8.72. The van der Waals surface area contributed by atoms with Gasteiger partial charge in [-0.25, -0.2) is 9.07 Å². The van der Waals surface area contributed by atoms with Crippen molar-refractivity contribution in [1.82, 2.24) is 24.9 Å². The molecule has 1 fully saturated rings. The van der Waals surface area contributed by atoms with Crippen molar-refractivity contribution in [1.29, 1.82) is 0 Å². The zero-order valence-corrected chi connectivity index (χ0v) is 15.3. The highest BCUT2D eigenvalue weighted by Crippen LogP contribution is 2.35. The lowest BCUT2D eigenvalue weighted by Gasteiger charge is -2.26. The van der Waals surface area contributed by atoms with E-state index in [2.05, 4.69) is 20.2 Å². The van der Waals surface area contributed by atoms with Crippen LogP contribution in [0.15, 0.2) is 48.7 Å². The summed E-state index contributed by atoms with van der Waals surface area (Å²) in [5.41, 5.74) is 2.93. The number of fused-ring (bicyclic) bond motifs is 3. The number of ether oxygens (including phenoxy) is 1. The van der Waals surface area contributed by atoms with Crippen LogP contribution >= 0.6 is 12.4 Å². The van der Waals surface area contributed by atoms with E-state index < -0.39 is 0 Å². The van der Waals surface area contributed by atoms with Crippen molar-refractivity contribution in [3.8, 4) is 11.3 Å². The fraction of sp³-hybridized carbons (Fsp3) is 0.316. The molecule has 5 rings (SSSR count). The van der Waals surface area contributed by atoms with Crippen LogP contribution in [0.25, 0.3) is 11.3 Å². The van der Waals surface area contributed by atoms with E-state index in [1.54, 1.807) is 18.2 Å². The Morgan fingerprint density at radius 3 is 2.78 bits per heavy atom. The maximum atomic E-state index is 14.2. The highest BCUT2D eigenvalue weighted by molar-refractivity contribution is 5.85. The Balaban J connectivity index is 0.00000180. The van der Waals surface area contributed by atoms with Gasteiger partial charge in [0.15, 0.2) is 0 Å². The zero-order chi connectivity index (χ0) is 17.5. The lowest BCUT2D eigenvalue weighted by molar-refractivity contribution is -0.00496. The summed E-state index contributed by atoms with van der Waals surface area (Å²) in [7, 11) is 0. The number of rotatable bonds is 3. The Bertz CT molecular complexity index is 935. The third-order valence-corrected chi connectivity index (χ3v) is 5.09. The van der Waals surface area contributed by atoms with Gasteiger partial charge in [0.05, 0.1) is 30.1 Å². The minimum absolute atomic E-state index is 0. The van der Waals surface area contributed by atoms with E-state index in [0.29, 0.717) is 17.9 Å². The molecule has 2 aliphatic rings. The molecule has 0 aliphatic carbocycles. The van der Waals surface area contributed by atoms with Crippen LogP contribution in [0.4, 0.5) is 4.39 Å². The fourth-order valence-electron chi connectivity index (χ4n) is 3.84. The Morgan fingerprint density at radius 1 is 1.11 bits per heavy atom. The van der Waals surface area contributed by atoms with Crippen LogP contribution in [0.5, 0.6) is 0 Å². The number of hydrogen-bond acceptors (Lipinski definition) is 5. The largest absolute Gasteiger partial charge is 0.368 e. The van der Waals surface area contributed by atoms with E-state index >= 15 is 0 Å². The summed E-state index contributed by atoms with van der Waals surface area (Å²) in [6.07, 6.45) is 1.88. The summed E-state index contributed by atoms with van der Waals surface area (Å²) < 4.78 is 22.2. The smallest absolute Gasteiger partial charge is 0.132 e. The molecule has 2 aromatic heterocycles. The Morgan fingerprint density at radius 2 is 1.96 bits per heavy atom. The van der Waals surface area contributed by atoms with Crippen LogP contribution in [-0.4, -0.2) is 44.1 Å². The van der Waals surface area contributed by atoms with E-state index in [0.717, 1.165) is 31.0 Å². The molecule has 4 heterocycles. The second-order valence-corrected chi connectivity index (χ2v) is 6.74. The van der Waals surface area contributed by atoms with E-state index in [9.17, 15) is 4.39 Å². The monoisotopic (exact) mass is 387 g/mol. The van der Waals surface area contributed by atoms with E-state index in [-0.39, 0.29) is 30.4 Å². The van der Waals surface area contributed by atoms with Gasteiger partial charge in [0.25, 0.3) is 0 Å². The molecule has 3 aromatic rings. The molecular formula is C19H19ClFN5O. The standard InChI is InChI=1S/C19H18FN5O.ClH/c20-15-7-2-1-6-14(15)19-17-12-26-18-11-24(9-13-5-3-4-8-21-13)10-16(18)25(17)23-22-19;/h1-8,16,18H,9-12H2;1H/t16-,18-;/m0./s1. The van der Waals surface area contributed by atoms with Crippen LogP contribution in [0.1, 0.15) is 17.4 Å². The number of nitrogens with zero attached hydrogens (tertiary/aromatic N) is 5. The molecular weight excluding hydrogens is 369 g/mol. The predicted molar refractivity (Wildman–Crippen MR) is 99.8 cm³/mol. The molecule has 0 bridgehead atoms. The van der Waals surface area contributed by atoms with E-state index in [1.165, 1.54) is 6.07 Å². The van der Waals surface area contributed by atoms with Gasteiger partial charge in [0.2, 0.25) is 0 Å². The number of aromatic nitrogens is 4. The Hall–Kier alpha value is -2.35. The third kappa shape index (κ3) is 3.22. The van der Waals surface area contributed by atoms with Crippen molar-refractivity contribution < 1.29 is 9.13 Å². The highest BCUT2D eigenvalue weighted by Gasteiger charge is 2.40. The molecule has 27 heavy (non-hydrogen) atoms. The maximum Gasteiger partial charge on any atom is 0.132 e. The summed E-state index contributed by atoms with van der Waals surface area (Å²) in [5.74, 6) is -0.291. The van der Waals surface area contributed by atoms with Crippen molar-refractivity contribution >= 4 is 12.4 Å². The quantitative estimate of drug-likeness (QED) is 0.691. The predicted octanol–water partition coefficient (Wildman–Crippen LogP) is 2.86. The second-order valence-electron chi connectivity index (χ2n) is 6.74. The van der Waals surface area contributed by atoms with Crippen molar-refractivity contribution in [3.63, 3.8) is 0 Å². The second kappa shape index (κ2) is 7.34. The summed E-state index contributed by atoms with van der Waals surface area (Å²) in [6.45, 7) is 2.82. The summed E-state index contributed by atoms with van der Waals surface area (Å²) in [6, 6.07) is 12.7. The van der Waals surface area contributed by atoms with Gasteiger partial charge >= 0.3 is 0 Å². The average Bonchev–Trinajstić information content (AvgIpc) is 3.26. The molecule has 0 spiro atoms. The maximum absolute atomic E-state index is 14.2. The van der Waals surface area contributed by atoms with Crippen LogP contribution < -0.4 is 0 Å². The molecule has 0 amide bonds. The van der Waals surface area contributed by atoms with Gasteiger partial charge in [-0.2, -0.15) is 0 Å². The molecule has 0 saturated carbocycles. The number of likely N-dealkylation sites (tertiary alicyclic amines) is 1. The van der Waals surface area contributed by atoms with Crippen LogP contribution in [0.2, 0.25) is 0 Å². The molecule has 6 nitrogen and oxygen atoms in total. The summed E-state index contributed by atoms with van der Waals surface area (Å²) in [5, 5.41) is 8.60. The van der Waals surface area contributed by atoms with Crippen molar-refractivity contribution in [3.05, 3.63) is 65.9 Å². The normalized spacial score (nSPS) is 21.4. The van der Waals surface area contributed by atoms with Crippen molar-refractivity contribution in [2.45, 2.75) is 25.3 Å². The van der Waals surface area contributed by atoms with Crippen molar-refractivity contribution in [2.24, 2.45) is 0 Å². The number of hydrogen-bond donors (Lipinski definition) is 0. The lowest BCUT2D eigenvalue weighted by atomic mass is 10.1. The van der Waals surface area contributed by atoms with Crippen LogP contribution in [0, 0.1) is 5.82 Å². The van der Waals surface area contributed by atoms with Gasteiger partial charge in [-0.15, -0.1) is 17.5 Å². The van der Waals surface area contributed by atoms with Gasteiger partial charge in [-0.3, -0.25) is 9.88 Å². The molecule has 0 N–H and O–H groups in total. The van der Waals surface area contributed by atoms with Gasteiger partial charge in [-0.1, -0.05) is 23.4 Å². The topological polar surface area (TPSA) is 56.1 Å². The number of benzene rings is 1. The van der Waals surface area contributed by atoms with Gasteiger partial charge in [0.1, 0.15) is 11.5 Å². The van der Waals surface area contributed by atoms with Gasteiger partial charge < -0.3 is 4.74 Å². The first-order valence-corrected chi connectivity index (χ1v) is 8.72. The van der Waals surface area contributed by atoms with Gasteiger partial charge in [-0.05, 0) is 24.3 Å². The molecule has 0 unspecified atom stereocenters. The minimum Gasteiger partial charge on any atom is -0.368 e.